The first-order valence-electron chi connectivity index (χ1n) is 11.1. The van der Waals surface area contributed by atoms with E-state index in [2.05, 4.69) is 59.0 Å². The van der Waals surface area contributed by atoms with E-state index in [0.29, 0.717) is 0 Å². The molecule has 5 heteroatoms. The molecular weight excluding hydrogens is 456 g/mol. The molecule has 5 rings (SSSR count). The summed E-state index contributed by atoms with van der Waals surface area (Å²) in [5.74, 6) is 0.958. The number of rotatable bonds is 8. The number of carbonyl (C=O) groups excluding carboxylic acids is 1. The molecule has 0 saturated heterocycles. The predicted molar refractivity (Wildman–Crippen MR) is 146 cm³/mol. The van der Waals surface area contributed by atoms with Gasteiger partial charge in [0.1, 0.15) is 0 Å². The Kier molecular flexibility index (Phi) is 6.84. The van der Waals surface area contributed by atoms with E-state index in [9.17, 15) is 4.79 Å². The van der Waals surface area contributed by atoms with Crippen molar-refractivity contribution in [2.75, 3.05) is 18.1 Å². The number of carbonyl (C=O) groups is 1. The average Bonchev–Trinajstić information content (AvgIpc) is 2.90. The van der Waals surface area contributed by atoms with Gasteiger partial charge in [-0.05, 0) is 59.0 Å². The van der Waals surface area contributed by atoms with E-state index in [4.69, 9.17) is 0 Å². The van der Waals surface area contributed by atoms with Crippen molar-refractivity contribution in [2.45, 2.75) is 15.5 Å². The van der Waals surface area contributed by atoms with Crippen molar-refractivity contribution in [1.82, 2.24) is 4.98 Å². The Labute approximate surface area is 208 Å². The van der Waals surface area contributed by atoms with Crippen LogP contribution in [0.3, 0.4) is 0 Å². The summed E-state index contributed by atoms with van der Waals surface area (Å²) in [6.45, 7) is 0.271. The molecule has 168 valence electrons. The number of hydrogen-bond donors (Lipinski definition) is 1. The zero-order valence-corrected chi connectivity index (χ0v) is 20.5. The van der Waals surface area contributed by atoms with Crippen LogP contribution in [0, 0.1) is 0 Å². The number of benzene rings is 4. The lowest BCUT2D eigenvalue weighted by Crippen LogP contribution is -2.13. The highest BCUT2D eigenvalue weighted by molar-refractivity contribution is 7.99. The van der Waals surface area contributed by atoms with Crippen molar-refractivity contribution < 1.29 is 4.79 Å². The van der Waals surface area contributed by atoms with Crippen molar-refractivity contribution in [1.29, 1.82) is 0 Å². The number of Topliss-reactive ketones (excluding diaryl/α,β-unsaturated/α-hetero) is 1. The molecule has 3 nitrogen and oxygen atoms in total. The number of nitrogens with zero attached hydrogens (tertiary/aromatic N) is 1. The number of fused-ring (bicyclic) bond motifs is 2. The van der Waals surface area contributed by atoms with Gasteiger partial charge in [0.05, 0.1) is 12.1 Å². The summed E-state index contributed by atoms with van der Waals surface area (Å²) in [6, 6.07) is 30.8. The highest BCUT2D eigenvalue weighted by Gasteiger charge is 2.08. The van der Waals surface area contributed by atoms with Gasteiger partial charge in [-0.2, -0.15) is 0 Å². The van der Waals surface area contributed by atoms with Crippen LogP contribution in [0.5, 0.6) is 0 Å². The molecule has 0 fully saturated rings. The third kappa shape index (κ3) is 5.11. The van der Waals surface area contributed by atoms with Gasteiger partial charge in [-0.15, -0.1) is 23.5 Å². The fourth-order valence-corrected chi connectivity index (χ4v) is 5.31. The minimum Gasteiger partial charge on any atom is -0.378 e. The molecule has 0 atom stereocenters. The summed E-state index contributed by atoms with van der Waals surface area (Å²) in [5, 5.41) is 6.68. The number of ketones is 1. The first-order valence-corrected chi connectivity index (χ1v) is 13.3. The molecule has 0 aliphatic rings. The molecular formula is C29H24N2OS2. The highest BCUT2D eigenvalue weighted by Crippen LogP contribution is 2.31. The minimum absolute atomic E-state index is 0.0829. The summed E-state index contributed by atoms with van der Waals surface area (Å²) in [6.07, 6.45) is 3.96. The van der Waals surface area contributed by atoms with E-state index in [1.54, 1.807) is 11.8 Å². The number of aromatic nitrogens is 1. The van der Waals surface area contributed by atoms with E-state index < -0.39 is 0 Å². The van der Waals surface area contributed by atoms with Crippen LogP contribution < -0.4 is 5.32 Å². The Morgan fingerprint density at radius 3 is 2.53 bits per heavy atom. The zero-order valence-electron chi connectivity index (χ0n) is 18.8. The van der Waals surface area contributed by atoms with Crippen molar-refractivity contribution in [3.05, 3.63) is 108 Å². The molecule has 1 heterocycles. The predicted octanol–water partition coefficient (Wildman–Crippen LogP) is 7.70. The van der Waals surface area contributed by atoms with Crippen LogP contribution in [0.2, 0.25) is 0 Å². The smallest absolute Gasteiger partial charge is 0.181 e. The van der Waals surface area contributed by atoms with Crippen LogP contribution in [-0.4, -0.2) is 23.6 Å². The molecule has 0 unspecified atom stereocenters. The maximum atomic E-state index is 12.7. The second kappa shape index (κ2) is 10.3. The number of anilines is 1. The average molecular weight is 481 g/mol. The lowest BCUT2D eigenvalue weighted by molar-refractivity contribution is 0.101. The fourth-order valence-electron chi connectivity index (χ4n) is 3.88. The van der Waals surface area contributed by atoms with Gasteiger partial charge < -0.3 is 5.32 Å². The van der Waals surface area contributed by atoms with Gasteiger partial charge in [-0.3, -0.25) is 9.78 Å². The van der Waals surface area contributed by atoms with E-state index in [1.807, 2.05) is 66.5 Å². The summed E-state index contributed by atoms with van der Waals surface area (Å²) in [5.41, 5.74) is 3.95. The van der Waals surface area contributed by atoms with Gasteiger partial charge in [0.25, 0.3) is 0 Å². The topological polar surface area (TPSA) is 42.0 Å². The van der Waals surface area contributed by atoms with E-state index >= 15 is 0 Å². The van der Waals surface area contributed by atoms with Crippen molar-refractivity contribution in [2.24, 2.45) is 0 Å². The second-order valence-electron chi connectivity index (χ2n) is 8.02. The fraction of sp³-hybridized carbons (Fsp3) is 0.103. The highest BCUT2D eigenvalue weighted by atomic mass is 32.2. The lowest BCUT2D eigenvalue weighted by atomic mass is 10.0. The van der Waals surface area contributed by atoms with Crippen molar-refractivity contribution >= 4 is 56.7 Å². The Morgan fingerprint density at radius 1 is 0.882 bits per heavy atom. The van der Waals surface area contributed by atoms with Gasteiger partial charge >= 0.3 is 0 Å². The maximum absolute atomic E-state index is 12.7. The Morgan fingerprint density at radius 2 is 1.71 bits per heavy atom. The molecule has 1 aromatic heterocycles. The van der Waals surface area contributed by atoms with Gasteiger partial charge in [-0.25, -0.2) is 0 Å². The van der Waals surface area contributed by atoms with E-state index in [0.717, 1.165) is 33.3 Å². The van der Waals surface area contributed by atoms with E-state index in [1.165, 1.54) is 20.7 Å². The number of hydrogen-bond acceptors (Lipinski definition) is 5. The normalized spacial score (nSPS) is 11.1. The molecule has 0 spiro atoms. The molecule has 1 N–H and O–H groups in total. The van der Waals surface area contributed by atoms with Crippen LogP contribution >= 0.6 is 23.5 Å². The van der Waals surface area contributed by atoms with Crippen molar-refractivity contribution in [3.8, 4) is 0 Å². The molecule has 4 aromatic carbocycles. The number of nitrogens with one attached hydrogen (secondary N) is 1. The standard InChI is InChI=1S/C29H24N2OS2/c1-33-25-12-13-26-27(17-25)30-15-14-29(26)34-19-20-6-10-24(11-7-20)31-18-28(32)23-9-8-21-4-2-3-5-22(21)16-23/h2-17,31H,18-19H2,1H3. The molecule has 0 amide bonds. The first-order chi connectivity index (χ1) is 16.7. The summed E-state index contributed by atoms with van der Waals surface area (Å²) < 4.78 is 0. The maximum Gasteiger partial charge on any atom is 0.181 e. The van der Waals surface area contributed by atoms with Gasteiger partial charge in [-0.1, -0.05) is 54.6 Å². The molecule has 0 radical (unpaired) electrons. The molecule has 5 aromatic rings. The van der Waals surface area contributed by atoms with Crippen LogP contribution in [-0.2, 0) is 5.75 Å². The van der Waals surface area contributed by atoms with Crippen molar-refractivity contribution in [3.63, 3.8) is 0 Å². The van der Waals surface area contributed by atoms with Gasteiger partial charge in [0, 0.05) is 38.4 Å². The molecule has 0 bridgehead atoms. The summed E-state index contributed by atoms with van der Waals surface area (Å²) in [7, 11) is 0. The van der Waals surface area contributed by atoms with Crippen LogP contribution in [0.15, 0.2) is 107 Å². The Hall–Kier alpha value is -3.28. The monoisotopic (exact) mass is 480 g/mol. The quantitative estimate of drug-likeness (QED) is 0.182. The number of pyridine rings is 1. The molecule has 34 heavy (non-hydrogen) atoms. The summed E-state index contributed by atoms with van der Waals surface area (Å²) >= 11 is 3.55. The van der Waals surface area contributed by atoms with Gasteiger partial charge in [0.15, 0.2) is 5.78 Å². The number of thioether (sulfide) groups is 2. The van der Waals surface area contributed by atoms with Crippen LogP contribution in [0.1, 0.15) is 15.9 Å². The molecule has 0 saturated carbocycles. The largest absolute Gasteiger partial charge is 0.378 e. The first kappa shape index (κ1) is 22.5. The van der Waals surface area contributed by atoms with E-state index in [-0.39, 0.29) is 12.3 Å². The third-order valence-corrected chi connectivity index (χ3v) is 7.65. The third-order valence-electron chi connectivity index (χ3n) is 5.78. The Balaban J connectivity index is 1.19. The molecule has 0 aliphatic carbocycles. The zero-order chi connectivity index (χ0) is 23.3. The van der Waals surface area contributed by atoms with Gasteiger partial charge in [0.2, 0.25) is 0 Å². The minimum atomic E-state index is 0.0829. The lowest BCUT2D eigenvalue weighted by Gasteiger charge is -2.09. The Bertz CT molecular complexity index is 1460. The second-order valence-corrected chi connectivity index (χ2v) is 9.91. The van der Waals surface area contributed by atoms with Crippen LogP contribution in [0.25, 0.3) is 21.7 Å². The SMILES string of the molecule is CSc1ccc2c(SCc3ccc(NCC(=O)c4ccc5ccccc5c4)cc3)ccnc2c1. The van der Waals surface area contributed by atoms with Crippen LogP contribution in [0.4, 0.5) is 5.69 Å². The molecule has 0 aliphatic heterocycles. The summed E-state index contributed by atoms with van der Waals surface area (Å²) in [4.78, 5) is 19.7.